The highest BCUT2D eigenvalue weighted by Crippen LogP contribution is 2.16. The average molecular weight is 256 g/mol. The van der Waals surface area contributed by atoms with Gasteiger partial charge >= 0.3 is 0 Å². The fourth-order valence-electron chi connectivity index (χ4n) is 2.08. The van der Waals surface area contributed by atoms with Crippen LogP contribution in [-0.2, 0) is 6.54 Å². The van der Waals surface area contributed by atoms with Crippen molar-refractivity contribution < 1.29 is 0 Å². The third-order valence-electron chi connectivity index (χ3n) is 2.90. The van der Waals surface area contributed by atoms with E-state index in [2.05, 4.69) is 27.9 Å². The van der Waals surface area contributed by atoms with Gasteiger partial charge in [0.15, 0.2) is 0 Å². The molecule has 100 valence electrons. The van der Waals surface area contributed by atoms with Crippen molar-refractivity contribution in [3.05, 3.63) is 47.9 Å². The van der Waals surface area contributed by atoms with Gasteiger partial charge in [-0.25, -0.2) is 9.97 Å². The van der Waals surface area contributed by atoms with E-state index in [0.29, 0.717) is 0 Å². The first-order chi connectivity index (χ1) is 9.19. The predicted octanol–water partition coefficient (Wildman–Crippen LogP) is 2.78. The first kappa shape index (κ1) is 13.3. The molecule has 0 fully saturated rings. The Kier molecular flexibility index (Phi) is 4.34. The van der Waals surface area contributed by atoms with E-state index in [1.165, 1.54) is 5.56 Å². The van der Waals surface area contributed by atoms with E-state index in [1.807, 2.05) is 31.2 Å². The van der Waals surface area contributed by atoms with Crippen LogP contribution in [0, 0.1) is 6.92 Å². The molecule has 2 rings (SSSR count). The van der Waals surface area contributed by atoms with Gasteiger partial charge < -0.3 is 10.6 Å². The van der Waals surface area contributed by atoms with Gasteiger partial charge in [-0.15, -0.1) is 0 Å². The first-order valence-electron chi connectivity index (χ1n) is 6.58. The van der Waals surface area contributed by atoms with Gasteiger partial charge in [-0.05, 0) is 37.1 Å². The summed E-state index contributed by atoms with van der Waals surface area (Å²) in [6.07, 6.45) is 2.88. The lowest BCUT2D eigenvalue weighted by Crippen LogP contribution is -2.24. The van der Waals surface area contributed by atoms with Crippen molar-refractivity contribution >= 4 is 11.5 Å². The van der Waals surface area contributed by atoms with E-state index < -0.39 is 0 Å². The van der Waals surface area contributed by atoms with Crippen molar-refractivity contribution in [3.8, 4) is 0 Å². The number of hydrogen-bond donors (Lipinski definition) is 1. The second kappa shape index (κ2) is 6.18. The van der Waals surface area contributed by atoms with Gasteiger partial charge in [0.1, 0.15) is 11.6 Å². The third-order valence-corrected chi connectivity index (χ3v) is 2.90. The van der Waals surface area contributed by atoms with Crippen LogP contribution in [0.5, 0.6) is 0 Å². The first-order valence-corrected chi connectivity index (χ1v) is 6.58. The summed E-state index contributed by atoms with van der Waals surface area (Å²) < 4.78 is 0. The van der Waals surface area contributed by atoms with Crippen LogP contribution in [-0.4, -0.2) is 16.5 Å². The van der Waals surface area contributed by atoms with Crippen LogP contribution >= 0.6 is 0 Å². The van der Waals surface area contributed by atoms with Crippen molar-refractivity contribution in [1.82, 2.24) is 9.97 Å². The van der Waals surface area contributed by atoms with Crippen molar-refractivity contribution in [3.63, 3.8) is 0 Å². The molecule has 0 aliphatic heterocycles. The van der Waals surface area contributed by atoms with Crippen molar-refractivity contribution in [2.24, 2.45) is 0 Å². The van der Waals surface area contributed by atoms with E-state index in [-0.39, 0.29) is 0 Å². The number of aromatic nitrogens is 2. The SMILES string of the molecule is CCCN(Cc1cccc(N)c1)c1ccnc(C)n1. The van der Waals surface area contributed by atoms with Crippen LogP contribution in [0.25, 0.3) is 0 Å². The molecule has 2 aromatic rings. The topological polar surface area (TPSA) is 55.0 Å². The van der Waals surface area contributed by atoms with Gasteiger partial charge in [0.25, 0.3) is 0 Å². The van der Waals surface area contributed by atoms with Crippen molar-refractivity contribution in [1.29, 1.82) is 0 Å². The Bertz CT molecular complexity index is 539. The Hall–Kier alpha value is -2.10. The number of nitrogens with zero attached hydrogens (tertiary/aromatic N) is 3. The number of hydrogen-bond acceptors (Lipinski definition) is 4. The maximum atomic E-state index is 5.83. The van der Waals surface area contributed by atoms with E-state index >= 15 is 0 Å². The minimum absolute atomic E-state index is 0.797. The lowest BCUT2D eigenvalue weighted by molar-refractivity contribution is 0.749. The number of aryl methyl sites for hydroxylation is 1. The second-order valence-electron chi connectivity index (χ2n) is 4.63. The molecule has 0 saturated carbocycles. The zero-order valence-electron chi connectivity index (χ0n) is 11.5. The van der Waals surface area contributed by atoms with Crippen molar-refractivity contribution in [2.45, 2.75) is 26.8 Å². The van der Waals surface area contributed by atoms with Crippen molar-refractivity contribution in [2.75, 3.05) is 17.2 Å². The molecule has 0 spiro atoms. The summed E-state index contributed by atoms with van der Waals surface area (Å²) in [6, 6.07) is 9.95. The van der Waals surface area contributed by atoms with Gasteiger partial charge in [-0.2, -0.15) is 0 Å². The zero-order chi connectivity index (χ0) is 13.7. The fourth-order valence-corrected chi connectivity index (χ4v) is 2.08. The zero-order valence-corrected chi connectivity index (χ0v) is 11.5. The molecule has 1 heterocycles. The lowest BCUT2D eigenvalue weighted by atomic mass is 10.2. The maximum absolute atomic E-state index is 5.83. The number of nitrogen functional groups attached to an aromatic ring is 1. The molecular weight excluding hydrogens is 236 g/mol. The van der Waals surface area contributed by atoms with E-state index in [1.54, 1.807) is 6.20 Å². The molecule has 0 saturated heterocycles. The monoisotopic (exact) mass is 256 g/mol. The highest BCUT2D eigenvalue weighted by Gasteiger charge is 2.08. The Morgan fingerprint density at radius 3 is 2.79 bits per heavy atom. The average Bonchev–Trinajstić information content (AvgIpc) is 2.38. The highest BCUT2D eigenvalue weighted by atomic mass is 15.2. The highest BCUT2D eigenvalue weighted by molar-refractivity contribution is 5.44. The second-order valence-corrected chi connectivity index (χ2v) is 4.63. The quantitative estimate of drug-likeness (QED) is 0.836. The van der Waals surface area contributed by atoms with E-state index in [9.17, 15) is 0 Å². The third kappa shape index (κ3) is 3.68. The van der Waals surface area contributed by atoms with Gasteiger partial charge in [-0.1, -0.05) is 19.1 Å². The summed E-state index contributed by atoms with van der Waals surface area (Å²) in [6.45, 7) is 5.86. The van der Waals surface area contributed by atoms with Crippen LogP contribution in [0.2, 0.25) is 0 Å². The Morgan fingerprint density at radius 2 is 2.11 bits per heavy atom. The molecule has 19 heavy (non-hydrogen) atoms. The molecule has 0 atom stereocenters. The van der Waals surface area contributed by atoms with Crippen LogP contribution in [0.15, 0.2) is 36.5 Å². The Labute approximate surface area is 114 Å². The number of anilines is 2. The molecule has 1 aromatic carbocycles. The van der Waals surface area contributed by atoms with E-state index in [4.69, 9.17) is 5.73 Å². The summed E-state index contributed by atoms with van der Waals surface area (Å²) in [5.41, 5.74) is 7.82. The Morgan fingerprint density at radius 1 is 1.26 bits per heavy atom. The molecule has 4 nitrogen and oxygen atoms in total. The summed E-state index contributed by atoms with van der Waals surface area (Å²) >= 11 is 0. The molecule has 1 aromatic heterocycles. The number of rotatable bonds is 5. The number of benzene rings is 1. The molecule has 0 amide bonds. The molecule has 0 aliphatic carbocycles. The molecule has 0 radical (unpaired) electrons. The lowest BCUT2D eigenvalue weighted by Gasteiger charge is -2.23. The summed E-state index contributed by atoms with van der Waals surface area (Å²) in [4.78, 5) is 10.9. The van der Waals surface area contributed by atoms with E-state index in [0.717, 1.165) is 36.8 Å². The minimum atomic E-state index is 0.797. The van der Waals surface area contributed by atoms with Crippen LogP contribution in [0.1, 0.15) is 24.7 Å². The summed E-state index contributed by atoms with van der Waals surface area (Å²) in [7, 11) is 0. The smallest absolute Gasteiger partial charge is 0.132 e. The molecule has 0 unspecified atom stereocenters. The number of nitrogens with two attached hydrogens (primary N) is 1. The summed E-state index contributed by atoms with van der Waals surface area (Å²) in [5, 5.41) is 0. The molecular formula is C15H20N4. The van der Waals surface area contributed by atoms with Gasteiger partial charge in [0, 0.05) is 25.0 Å². The predicted molar refractivity (Wildman–Crippen MR) is 79.0 cm³/mol. The normalized spacial score (nSPS) is 10.4. The summed E-state index contributed by atoms with van der Waals surface area (Å²) in [5.74, 6) is 1.77. The fraction of sp³-hybridized carbons (Fsp3) is 0.333. The molecule has 4 heteroatoms. The van der Waals surface area contributed by atoms with Crippen LogP contribution < -0.4 is 10.6 Å². The molecule has 0 aliphatic rings. The Balaban J connectivity index is 2.21. The van der Waals surface area contributed by atoms with Crippen LogP contribution in [0.4, 0.5) is 11.5 Å². The van der Waals surface area contributed by atoms with Gasteiger partial charge in [-0.3, -0.25) is 0 Å². The minimum Gasteiger partial charge on any atom is -0.399 e. The molecule has 0 bridgehead atoms. The largest absolute Gasteiger partial charge is 0.399 e. The standard InChI is InChI=1S/C15H20N4/c1-3-9-19(15-7-8-17-12(2)18-15)11-13-5-4-6-14(16)10-13/h4-8,10H,3,9,11,16H2,1-2H3. The molecule has 2 N–H and O–H groups in total. The van der Waals surface area contributed by atoms with Crippen LogP contribution in [0.3, 0.4) is 0 Å². The maximum Gasteiger partial charge on any atom is 0.132 e. The van der Waals surface area contributed by atoms with Gasteiger partial charge in [0.2, 0.25) is 0 Å². The van der Waals surface area contributed by atoms with Gasteiger partial charge in [0.05, 0.1) is 0 Å².